The second-order valence-corrected chi connectivity index (χ2v) is 3.42. The van der Waals surface area contributed by atoms with Gasteiger partial charge in [-0.2, -0.15) is 0 Å². The summed E-state index contributed by atoms with van der Waals surface area (Å²) in [4.78, 5) is 22.4. The Bertz CT molecular complexity index is 258. The molecule has 90 valence electrons. The van der Waals surface area contributed by atoms with E-state index in [-0.39, 0.29) is 24.4 Å². The molecule has 1 rings (SSSR count). The molecule has 1 heterocycles. The first-order valence-corrected chi connectivity index (χ1v) is 5.24. The fraction of sp³-hybridized carbons (Fsp3) is 0.600. The first kappa shape index (κ1) is 12.5. The van der Waals surface area contributed by atoms with Gasteiger partial charge in [-0.1, -0.05) is 6.58 Å². The molecule has 6 heteroatoms. The van der Waals surface area contributed by atoms with Gasteiger partial charge in [0.05, 0.1) is 19.4 Å². The van der Waals surface area contributed by atoms with E-state index in [1.807, 2.05) is 0 Å². The number of nitrogens with one attached hydrogen (secondary N) is 3. The number of rotatable bonds is 6. The van der Waals surface area contributed by atoms with Crippen molar-refractivity contribution in [3.8, 4) is 0 Å². The Morgan fingerprint density at radius 2 is 2.50 bits per heavy atom. The van der Waals surface area contributed by atoms with Crippen molar-refractivity contribution in [1.29, 1.82) is 0 Å². The van der Waals surface area contributed by atoms with Gasteiger partial charge in [-0.05, 0) is 6.42 Å². The molecule has 1 atom stereocenters. The smallest absolute Gasteiger partial charge is 0.238 e. The van der Waals surface area contributed by atoms with Gasteiger partial charge in [0.2, 0.25) is 11.8 Å². The fourth-order valence-corrected chi connectivity index (χ4v) is 1.33. The highest BCUT2D eigenvalue weighted by atomic mass is 16.5. The van der Waals surface area contributed by atoms with Crippen molar-refractivity contribution in [2.45, 2.75) is 12.5 Å². The van der Waals surface area contributed by atoms with E-state index in [9.17, 15) is 9.59 Å². The molecule has 1 saturated heterocycles. The minimum atomic E-state index is -0.335. The minimum absolute atomic E-state index is 0.0802. The third kappa shape index (κ3) is 4.31. The normalized spacial score (nSPS) is 19.8. The summed E-state index contributed by atoms with van der Waals surface area (Å²) in [5.74, 6) is -0.179. The Labute approximate surface area is 94.4 Å². The number of hydrogen-bond donors (Lipinski definition) is 3. The van der Waals surface area contributed by atoms with Gasteiger partial charge in [-0.15, -0.1) is 0 Å². The number of carbonyl (C=O) groups is 2. The Hall–Kier alpha value is -1.56. The largest absolute Gasteiger partial charge is 0.502 e. The monoisotopic (exact) mass is 227 g/mol. The van der Waals surface area contributed by atoms with Crippen LogP contribution in [0.1, 0.15) is 6.42 Å². The first-order chi connectivity index (χ1) is 7.74. The molecule has 0 aromatic heterocycles. The van der Waals surface area contributed by atoms with Crippen molar-refractivity contribution in [2.75, 3.05) is 26.2 Å². The van der Waals surface area contributed by atoms with E-state index in [0.717, 1.165) is 6.42 Å². The number of piperazine rings is 1. The molecule has 1 unspecified atom stereocenters. The Morgan fingerprint density at radius 3 is 3.12 bits per heavy atom. The summed E-state index contributed by atoms with van der Waals surface area (Å²) in [6.45, 7) is 5.04. The zero-order valence-electron chi connectivity index (χ0n) is 9.12. The predicted molar refractivity (Wildman–Crippen MR) is 58.6 cm³/mol. The summed E-state index contributed by atoms with van der Waals surface area (Å²) in [6.07, 6.45) is 2.11. The number of carbonyl (C=O) groups excluding carboxylic acids is 2. The Kier molecular flexibility index (Phi) is 5.35. The third-order valence-corrected chi connectivity index (χ3v) is 2.18. The van der Waals surface area contributed by atoms with Crippen molar-refractivity contribution in [1.82, 2.24) is 16.0 Å². The van der Waals surface area contributed by atoms with Crippen LogP contribution in [-0.2, 0) is 14.3 Å². The standard InChI is InChI=1S/C10H17N3O3/c1-2-16-5-3-4-11-10(15)8-6-13-9(14)7-12-8/h2,8,12H,1,3-7H2,(H,11,15)(H,13,14). The van der Waals surface area contributed by atoms with Crippen LogP contribution in [0.15, 0.2) is 12.8 Å². The van der Waals surface area contributed by atoms with Crippen LogP contribution in [0.2, 0.25) is 0 Å². The van der Waals surface area contributed by atoms with Crippen molar-refractivity contribution in [3.05, 3.63) is 12.8 Å². The highest BCUT2D eigenvalue weighted by Crippen LogP contribution is 1.89. The van der Waals surface area contributed by atoms with Gasteiger partial charge in [0, 0.05) is 13.1 Å². The van der Waals surface area contributed by atoms with Crippen LogP contribution >= 0.6 is 0 Å². The van der Waals surface area contributed by atoms with Gasteiger partial charge in [0.15, 0.2) is 0 Å². The molecule has 0 aromatic rings. The summed E-state index contributed by atoms with van der Waals surface area (Å²) in [5.41, 5.74) is 0. The second kappa shape index (κ2) is 6.84. The maximum absolute atomic E-state index is 11.6. The van der Waals surface area contributed by atoms with Crippen LogP contribution in [0.25, 0.3) is 0 Å². The molecule has 2 amide bonds. The highest BCUT2D eigenvalue weighted by molar-refractivity contribution is 5.86. The molecule has 0 aliphatic carbocycles. The molecule has 0 bridgehead atoms. The second-order valence-electron chi connectivity index (χ2n) is 3.42. The molecule has 1 aliphatic rings. The Balaban J connectivity index is 2.10. The van der Waals surface area contributed by atoms with Crippen LogP contribution in [0.4, 0.5) is 0 Å². The molecular formula is C10H17N3O3. The molecule has 0 spiro atoms. The van der Waals surface area contributed by atoms with Crippen LogP contribution < -0.4 is 16.0 Å². The lowest BCUT2D eigenvalue weighted by atomic mass is 10.2. The van der Waals surface area contributed by atoms with E-state index in [2.05, 4.69) is 22.5 Å². The summed E-state index contributed by atoms with van der Waals surface area (Å²) in [5, 5.41) is 8.23. The van der Waals surface area contributed by atoms with Crippen molar-refractivity contribution < 1.29 is 14.3 Å². The van der Waals surface area contributed by atoms with Gasteiger partial charge in [0.25, 0.3) is 0 Å². The van der Waals surface area contributed by atoms with Crippen molar-refractivity contribution in [3.63, 3.8) is 0 Å². The maximum Gasteiger partial charge on any atom is 0.238 e. The third-order valence-electron chi connectivity index (χ3n) is 2.18. The summed E-state index contributed by atoms with van der Waals surface area (Å²) in [7, 11) is 0. The average Bonchev–Trinajstić information content (AvgIpc) is 2.29. The maximum atomic E-state index is 11.6. The zero-order chi connectivity index (χ0) is 11.8. The lowest BCUT2D eigenvalue weighted by molar-refractivity contribution is -0.126. The van der Waals surface area contributed by atoms with E-state index in [4.69, 9.17) is 4.74 Å². The molecule has 3 N–H and O–H groups in total. The summed E-state index contributed by atoms with van der Waals surface area (Å²) >= 11 is 0. The van der Waals surface area contributed by atoms with Gasteiger partial charge < -0.3 is 15.4 Å². The van der Waals surface area contributed by atoms with Crippen LogP contribution in [0, 0.1) is 0 Å². The molecule has 0 aromatic carbocycles. The van der Waals surface area contributed by atoms with Crippen molar-refractivity contribution >= 4 is 11.8 Å². The number of hydrogen-bond acceptors (Lipinski definition) is 4. The van der Waals surface area contributed by atoms with Crippen molar-refractivity contribution in [2.24, 2.45) is 0 Å². The van der Waals surface area contributed by atoms with Gasteiger partial charge in [0.1, 0.15) is 6.04 Å². The topological polar surface area (TPSA) is 79.5 Å². The summed E-state index contributed by atoms with van der Waals surface area (Å²) < 4.78 is 4.91. The molecule has 6 nitrogen and oxygen atoms in total. The van der Waals surface area contributed by atoms with E-state index in [1.54, 1.807) is 0 Å². The fourth-order valence-electron chi connectivity index (χ4n) is 1.33. The van der Waals surface area contributed by atoms with E-state index >= 15 is 0 Å². The van der Waals surface area contributed by atoms with Crippen LogP contribution in [0.5, 0.6) is 0 Å². The highest BCUT2D eigenvalue weighted by Gasteiger charge is 2.22. The van der Waals surface area contributed by atoms with E-state index in [1.165, 1.54) is 6.26 Å². The molecular weight excluding hydrogens is 210 g/mol. The number of amides is 2. The van der Waals surface area contributed by atoms with Crippen LogP contribution in [-0.4, -0.2) is 44.1 Å². The lowest BCUT2D eigenvalue weighted by Gasteiger charge is -2.23. The van der Waals surface area contributed by atoms with Gasteiger partial charge in [-0.25, -0.2) is 0 Å². The first-order valence-electron chi connectivity index (χ1n) is 5.24. The number of ether oxygens (including phenoxy) is 1. The SMILES string of the molecule is C=COCCCNC(=O)C1CNC(=O)CN1. The lowest BCUT2D eigenvalue weighted by Crippen LogP contribution is -2.58. The molecule has 0 saturated carbocycles. The zero-order valence-corrected chi connectivity index (χ0v) is 9.12. The van der Waals surface area contributed by atoms with Crippen LogP contribution in [0.3, 0.4) is 0 Å². The molecule has 0 radical (unpaired) electrons. The predicted octanol–water partition coefficient (Wildman–Crippen LogP) is -1.26. The van der Waals surface area contributed by atoms with Gasteiger partial charge >= 0.3 is 0 Å². The summed E-state index contributed by atoms with van der Waals surface area (Å²) in [6, 6.07) is -0.335. The van der Waals surface area contributed by atoms with E-state index < -0.39 is 0 Å². The Morgan fingerprint density at radius 1 is 1.69 bits per heavy atom. The molecule has 1 aliphatic heterocycles. The minimum Gasteiger partial charge on any atom is -0.502 e. The van der Waals surface area contributed by atoms with E-state index in [0.29, 0.717) is 19.7 Å². The quantitative estimate of drug-likeness (QED) is 0.391. The van der Waals surface area contributed by atoms with Gasteiger partial charge in [-0.3, -0.25) is 14.9 Å². The average molecular weight is 227 g/mol. The molecule has 1 fully saturated rings. The molecule has 16 heavy (non-hydrogen) atoms.